The van der Waals surface area contributed by atoms with Crippen molar-refractivity contribution in [1.82, 2.24) is 5.27 Å². The Hall–Kier alpha value is -2.55. The molecule has 22 heavy (non-hydrogen) atoms. The minimum Gasteiger partial charge on any atom is -0.538 e. The van der Waals surface area contributed by atoms with Crippen LogP contribution in [-0.4, -0.2) is 30.0 Å². The smallest absolute Gasteiger partial charge is 0.339 e. The first-order valence-corrected chi connectivity index (χ1v) is 7.14. The van der Waals surface area contributed by atoms with Crippen LogP contribution in [0.4, 0.5) is 5.69 Å². The SMILES string of the molecule is COC(=O)c1ccccc1NC(=O)CSc1c([O-])on[n+]1C. The summed E-state index contributed by atoms with van der Waals surface area (Å²) in [5, 5.41) is 17.6. The number of carbonyl (C=O) groups is 2. The third-order valence-corrected chi connectivity index (χ3v) is 3.77. The van der Waals surface area contributed by atoms with Gasteiger partial charge in [-0.1, -0.05) is 16.8 Å². The molecular weight excluding hydrogens is 310 g/mol. The first-order valence-electron chi connectivity index (χ1n) is 6.16. The average Bonchev–Trinajstić information content (AvgIpc) is 2.83. The van der Waals surface area contributed by atoms with E-state index in [4.69, 9.17) is 0 Å². The maximum atomic E-state index is 11.9. The molecule has 0 aliphatic heterocycles. The maximum absolute atomic E-state index is 11.9. The first-order chi connectivity index (χ1) is 10.5. The van der Waals surface area contributed by atoms with Crippen LogP contribution in [0.25, 0.3) is 0 Å². The normalized spacial score (nSPS) is 10.3. The Morgan fingerprint density at radius 3 is 2.82 bits per heavy atom. The summed E-state index contributed by atoms with van der Waals surface area (Å²) >= 11 is 0.994. The summed E-state index contributed by atoms with van der Waals surface area (Å²) in [5.41, 5.74) is 0.598. The lowest BCUT2D eigenvalue weighted by Crippen LogP contribution is -2.32. The summed E-state index contributed by atoms with van der Waals surface area (Å²) in [6, 6.07) is 6.49. The van der Waals surface area contributed by atoms with Gasteiger partial charge in [0.25, 0.3) is 5.03 Å². The van der Waals surface area contributed by atoms with Crippen molar-refractivity contribution in [2.24, 2.45) is 7.05 Å². The van der Waals surface area contributed by atoms with Crippen LogP contribution in [0.2, 0.25) is 0 Å². The molecule has 0 fully saturated rings. The molecular formula is C13H13N3O5S. The van der Waals surface area contributed by atoms with Crippen LogP contribution in [-0.2, 0) is 16.6 Å². The summed E-state index contributed by atoms with van der Waals surface area (Å²) in [4.78, 5) is 23.6. The molecule has 1 N–H and O–H groups in total. The van der Waals surface area contributed by atoms with Gasteiger partial charge in [0.15, 0.2) is 13.0 Å². The molecule has 116 valence electrons. The third kappa shape index (κ3) is 3.55. The Morgan fingerprint density at radius 1 is 1.45 bits per heavy atom. The van der Waals surface area contributed by atoms with Gasteiger partial charge in [-0.3, -0.25) is 4.79 Å². The number of esters is 1. The van der Waals surface area contributed by atoms with Gasteiger partial charge >= 0.3 is 5.97 Å². The number of thioether (sulfide) groups is 1. The number of hydrogen-bond donors (Lipinski definition) is 1. The highest BCUT2D eigenvalue weighted by Gasteiger charge is 2.17. The van der Waals surface area contributed by atoms with Crippen LogP contribution in [0.5, 0.6) is 5.95 Å². The van der Waals surface area contributed by atoms with Gasteiger partial charge in [0.05, 0.1) is 29.4 Å². The largest absolute Gasteiger partial charge is 0.538 e. The predicted octanol–water partition coefficient (Wildman–Crippen LogP) is 0.0901. The lowest BCUT2D eigenvalue weighted by atomic mass is 10.2. The van der Waals surface area contributed by atoms with Gasteiger partial charge in [0, 0.05) is 0 Å². The van der Waals surface area contributed by atoms with E-state index < -0.39 is 11.9 Å². The Kier molecular flexibility index (Phi) is 4.99. The van der Waals surface area contributed by atoms with E-state index in [0.29, 0.717) is 5.69 Å². The highest BCUT2D eigenvalue weighted by molar-refractivity contribution is 7.99. The number of ether oxygens (including phenoxy) is 1. The van der Waals surface area contributed by atoms with Crippen LogP contribution in [0.1, 0.15) is 10.4 Å². The van der Waals surface area contributed by atoms with Crippen LogP contribution < -0.4 is 15.1 Å². The van der Waals surface area contributed by atoms with Gasteiger partial charge in [0.1, 0.15) is 0 Å². The number of carbonyl (C=O) groups excluding carboxylic acids is 2. The van der Waals surface area contributed by atoms with Crippen molar-refractivity contribution in [2.45, 2.75) is 5.03 Å². The molecule has 9 heteroatoms. The van der Waals surface area contributed by atoms with Crippen molar-refractivity contribution in [1.29, 1.82) is 0 Å². The number of rotatable bonds is 5. The average molecular weight is 323 g/mol. The summed E-state index contributed by atoms with van der Waals surface area (Å²) < 4.78 is 10.4. The monoisotopic (exact) mass is 323 g/mol. The van der Waals surface area contributed by atoms with E-state index >= 15 is 0 Å². The maximum Gasteiger partial charge on any atom is 0.339 e. The second-order valence-electron chi connectivity index (χ2n) is 4.16. The van der Waals surface area contributed by atoms with Gasteiger partial charge in [0.2, 0.25) is 5.91 Å². The summed E-state index contributed by atoms with van der Waals surface area (Å²) in [7, 11) is 2.80. The van der Waals surface area contributed by atoms with Crippen LogP contribution >= 0.6 is 11.8 Å². The van der Waals surface area contributed by atoms with Crippen LogP contribution in [0.15, 0.2) is 33.8 Å². The molecule has 1 heterocycles. The lowest BCUT2D eigenvalue weighted by molar-refractivity contribution is -0.772. The van der Waals surface area contributed by atoms with Gasteiger partial charge in [-0.15, -0.1) is 0 Å². The molecule has 2 rings (SSSR count). The lowest BCUT2D eigenvalue weighted by Gasteiger charge is -2.08. The molecule has 1 aromatic carbocycles. The van der Waals surface area contributed by atoms with E-state index in [2.05, 4.69) is 19.8 Å². The number of nitrogens with one attached hydrogen (secondary N) is 1. The van der Waals surface area contributed by atoms with E-state index in [1.165, 1.54) is 18.8 Å². The number of aromatic nitrogens is 2. The number of methoxy groups -OCH3 is 1. The number of para-hydroxylation sites is 1. The number of nitrogens with zero attached hydrogens (tertiary/aromatic N) is 2. The van der Waals surface area contributed by atoms with E-state index in [1.54, 1.807) is 24.3 Å². The van der Waals surface area contributed by atoms with E-state index in [9.17, 15) is 14.7 Å². The van der Waals surface area contributed by atoms with Crippen molar-refractivity contribution in [3.05, 3.63) is 29.8 Å². The summed E-state index contributed by atoms with van der Waals surface area (Å²) in [6.45, 7) is 0. The minimum atomic E-state index is -0.602. The highest BCUT2D eigenvalue weighted by atomic mass is 32.2. The van der Waals surface area contributed by atoms with Gasteiger partial charge in [-0.05, 0) is 23.9 Å². The first kappa shape index (κ1) is 15.8. The molecule has 0 saturated carbocycles. The van der Waals surface area contributed by atoms with E-state index in [1.807, 2.05) is 0 Å². The number of anilines is 1. The Balaban J connectivity index is 2.02. The fraction of sp³-hybridized carbons (Fsp3) is 0.231. The number of amides is 1. The van der Waals surface area contributed by atoms with Gasteiger partial charge in [-0.2, -0.15) is 0 Å². The molecule has 8 nitrogen and oxygen atoms in total. The van der Waals surface area contributed by atoms with Crippen molar-refractivity contribution >= 4 is 29.3 Å². The standard InChI is InChI=1S/C13H13N3O5S/c1-16-11(13(19)21-15-16)22-7-10(17)14-9-6-4-3-5-8(9)12(18)20-2/h3-6H,7H2,1-2H3,(H-,14,15,17,18,19). The molecule has 0 spiro atoms. The second-order valence-corrected chi connectivity index (χ2v) is 5.13. The topological polar surface area (TPSA) is 108 Å². The van der Waals surface area contributed by atoms with Crippen molar-refractivity contribution in [3.8, 4) is 5.95 Å². The Labute approximate surface area is 130 Å². The Morgan fingerprint density at radius 2 is 2.18 bits per heavy atom. The van der Waals surface area contributed by atoms with E-state index in [-0.39, 0.29) is 22.2 Å². The molecule has 0 atom stereocenters. The number of hydrogen-bond acceptors (Lipinski definition) is 7. The molecule has 1 amide bonds. The summed E-state index contributed by atoms with van der Waals surface area (Å²) in [5.74, 6) is -1.55. The molecule has 0 aliphatic rings. The summed E-state index contributed by atoms with van der Waals surface area (Å²) in [6.07, 6.45) is 0. The fourth-order valence-corrected chi connectivity index (χ4v) is 2.37. The molecule has 0 aliphatic carbocycles. The molecule has 2 aromatic rings. The molecule has 0 bridgehead atoms. The highest BCUT2D eigenvalue weighted by Crippen LogP contribution is 2.22. The molecule has 0 radical (unpaired) electrons. The van der Waals surface area contributed by atoms with Gasteiger partial charge < -0.3 is 19.7 Å². The van der Waals surface area contributed by atoms with E-state index in [0.717, 1.165) is 11.8 Å². The minimum absolute atomic E-state index is 0.0280. The zero-order valence-electron chi connectivity index (χ0n) is 11.9. The van der Waals surface area contributed by atoms with Crippen molar-refractivity contribution in [3.63, 3.8) is 0 Å². The fourth-order valence-electron chi connectivity index (χ4n) is 1.66. The zero-order chi connectivity index (χ0) is 16.1. The van der Waals surface area contributed by atoms with Crippen molar-refractivity contribution < 1.29 is 28.6 Å². The second kappa shape index (κ2) is 6.94. The van der Waals surface area contributed by atoms with Gasteiger partial charge in [-0.25, -0.2) is 4.79 Å². The Bertz CT molecular complexity index is 681. The van der Waals surface area contributed by atoms with Crippen LogP contribution in [0.3, 0.4) is 0 Å². The predicted molar refractivity (Wildman–Crippen MR) is 74.3 cm³/mol. The van der Waals surface area contributed by atoms with Crippen LogP contribution in [0, 0.1) is 0 Å². The molecule has 1 aromatic heterocycles. The molecule has 0 unspecified atom stereocenters. The number of aryl methyl sites for hydroxylation is 1. The quantitative estimate of drug-likeness (QED) is 0.472. The number of benzene rings is 1. The zero-order valence-corrected chi connectivity index (χ0v) is 12.7. The van der Waals surface area contributed by atoms with Crippen molar-refractivity contribution in [2.75, 3.05) is 18.2 Å². The molecule has 0 saturated heterocycles. The third-order valence-electron chi connectivity index (χ3n) is 2.66.